The highest BCUT2D eigenvalue weighted by Gasteiger charge is 2.08. The Morgan fingerprint density at radius 2 is 2.25 bits per heavy atom. The predicted molar refractivity (Wildman–Crippen MR) is 77.3 cm³/mol. The first-order chi connectivity index (χ1) is 9.61. The van der Waals surface area contributed by atoms with E-state index in [9.17, 15) is 0 Å². The van der Waals surface area contributed by atoms with Crippen molar-refractivity contribution in [2.24, 2.45) is 5.73 Å². The van der Waals surface area contributed by atoms with Gasteiger partial charge in [-0.3, -0.25) is 0 Å². The van der Waals surface area contributed by atoms with Gasteiger partial charge in [-0.2, -0.15) is 5.26 Å². The van der Waals surface area contributed by atoms with Gasteiger partial charge in [0.25, 0.3) is 0 Å². The zero-order valence-corrected chi connectivity index (χ0v) is 11.8. The lowest BCUT2D eigenvalue weighted by atomic mass is 10.1. The molecule has 0 fully saturated rings. The average Bonchev–Trinajstić information content (AvgIpc) is 2.46. The Morgan fingerprint density at radius 3 is 2.90 bits per heavy atom. The molecule has 0 saturated carbocycles. The van der Waals surface area contributed by atoms with E-state index in [4.69, 9.17) is 27.3 Å². The third-order valence-corrected chi connectivity index (χ3v) is 3.16. The molecular formula is C15H14ClN3O. The maximum absolute atomic E-state index is 8.96. The Kier molecular flexibility index (Phi) is 4.57. The fourth-order valence-electron chi connectivity index (χ4n) is 1.73. The van der Waals surface area contributed by atoms with Crippen LogP contribution in [0, 0.1) is 11.3 Å². The molecule has 0 amide bonds. The van der Waals surface area contributed by atoms with E-state index in [1.807, 2.05) is 19.1 Å². The quantitative estimate of drug-likeness (QED) is 0.937. The van der Waals surface area contributed by atoms with Gasteiger partial charge in [0.1, 0.15) is 24.1 Å². The minimum atomic E-state index is -0.0786. The summed E-state index contributed by atoms with van der Waals surface area (Å²) < 4.78 is 5.64. The Balaban J connectivity index is 2.14. The van der Waals surface area contributed by atoms with Crippen LogP contribution in [-0.2, 0) is 6.61 Å². The first-order valence-electron chi connectivity index (χ1n) is 6.13. The van der Waals surface area contributed by atoms with Crippen LogP contribution in [-0.4, -0.2) is 4.98 Å². The molecule has 0 aliphatic rings. The van der Waals surface area contributed by atoms with Crippen LogP contribution in [0.5, 0.6) is 5.75 Å². The highest BCUT2D eigenvalue weighted by molar-refractivity contribution is 6.32. The van der Waals surface area contributed by atoms with E-state index >= 15 is 0 Å². The lowest BCUT2D eigenvalue weighted by Crippen LogP contribution is -2.05. The van der Waals surface area contributed by atoms with Crippen LogP contribution < -0.4 is 10.5 Å². The standard InChI is InChI=1S/C15H14ClN3O/c1-10(18)11-4-5-15(13(16)7-11)20-9-12-3-2-6-19-14(12)8-17/h2-7,10H,9,18H2,1H3/t10-/m0/s1. The van der Waals surface area contributed by atoms with Crippen molar-refractivity contribution in [3.05, 3.63) is 58.4 Å². The van der Waals surface area contributed by atoms with Gasteiger partial charge in [0.2, 0.25) is 0 Å². The summed E-state index contributed by atoms with van der Waals surface area (Å²) in [4.78, 5) is 3.98. The van der Waals surface area contributed by atoms with Crippen molar-refractivity contribution in [1.82, 2.24) is 4.98 Å². The normalized spacial score (nSPS) is 11.7. The molecule has 2 aromatic rings. The van der Waals surface area contributed by atoms with Gasteiger partial charge >= 0.3 is 0 Å². The van der Waals surface area contributed by atoms with Crippen molar-refractivity contribution in [3.8, 4) is 11.8 Å². The number of aromatic nitrogens is 1. The van der Waals surface area contributed by atoms with Crippen molar-refractivity contribution in [3.63, 3.8) is 0 Å². The zero-order valence-electron chi connectivity index (χ0n) is 11.0. The number of pyridine rings is 1. The van der Waals surface area contributed by atoms with Gasteiger partial charge in [-0.15, -0.1) is 0 Å². The molecule has 20 heavy (non-hydrogen) atoms. The van der Waals surface area contributed by atoms with Gasteiger partial charge in [0.05, 0.1) is 5.02 Å². The molecule has 0 bridgehead atoms. The molecule has 4 nitrogen and oxygen atoms in total. The molecule has 1 atom stereocenters. The van der Waals surface area contributed by atoms with Crippen molar-refractivity contribution < 1.29 is 4.74 Å². The maximum Gasteiger partial charge on any atom is 0.147 e. The number of rotatable bonds is 4. The summed E-state index contributed by atoms with van der Waals surface area (Å²) in [6.45, 7) is 2.13. The van der Waals surface area contributed by atoms with Crippen molar-refractivity contribution in [2.45, 2.75) is 19.6 Å². The summed E-state index contributed by atoms with van der Waals surface area (Å²) in [6.07, 6.45) is 1.58. The van der Waals surface area contributed by atoms with Crippen LogP contribution >= 0.6 is 11.6 Å². The van der Waals surface area contributed by atoms with Crippen LogP contribution in [0.1, 0.15) is 29.8 Å². The smallest absolute Gasteiger partial charge is 0.147 e. The average molecular weight is 288 g/mol. The molecular weight excluding hydrogens is 274 g/mol. The predicted octanol–water partition coefficient (Wildman–Crippen LogP) is 3.21. The first-order valence-corrected chi connectivity index (χ1v) is 6.51. The monoisotopic (exact) mass is 287 g/mol. The fraction of sp³-hybridized carbons (Fsp3) is 0.200. The summed E-state index contributed by atoms with van der Waals surface area (Å²) >= 11 is 6.15. The molecule has 0 radical (unpaired) electrons. The molecule has 0 aliphatic heterocycles. The molecule has 102 valence electrons. The van der Waals surface area contributed by atoms with Crippen molar-refractivity contribution in [2.75, 3.05) is 0 Å². The van der Waals surface area contributed by atoms with E-state index in [0.29, 0.717) is 16.5 Å². The van der Waals surface area contributed by atoms with E-state index < -0.39 is 0 Å². The van der Waals surface area contributed by atoms with Crippen molar-refractivity contribution >= 4 is 11.6 Å². The molecule has 0 unspecified atom stereocenters. The van der Waals surface area contributed by atoms with E-state index in [0.717, 1.165) is 11.1 Å². The minimum Gasteiger partial charge on any atom is -0.487 e. The molecule has 0 spiro atoms. The third-order valence-electron chi connectivity index (χ3n) is 2.86. The van der Waals surface area contributed by atoms with E-state index in [2.05, 4.69) is 4.98 Å². The first kappa shape index (κ1) is 14.3. The topological polar surface area (TPSA) is 71.9 Å². The maximum atomic E-state index is 8.96. The molecule has 1 aromatic carbocycles. The molecule has 5 heteroatoms. The van der Waals surface area contributed by atoms with Gasteiger partial charge in [0, 0.05) is 17.8 Å². The van der Waals surface area contributed by atoms with Gasteiger partial charge in [-0.25, -0.2) is 4.98 Å². The zero-order chi connectivity index (χ0) is 14.5. The highest BCUT2D eigenvalue weighted by Crippen LogP contribution is 2.28. The summed E-state index contributed by atoms with van der Waals surface area (Å²) in [5.41, 5.74) is 7.82. The number of nitrogens with two attached hydrogens (primary N) is 1. The lowest BCUT2D eigenvalue weighted by molar-refractivity contribution is 0.305. The van der Waals surface area contributed by atoms with Crippen LogP contribution in [0.4, 0.5) is 0 Å². The number of hydrogen-bond donors (Lipinski definition) is 1. The molecule has 1 aromatic heterocycles. The van der Waals surface area contributed by atoms with E-state index in [1.165, 1.54) is 0 Å². The number of nitriles is 1. The van der Waals surface area contributed by atoms with E-state index in [1.54, 1.807) is 30.5 Å². The van der Waals surface area contributed by atoms with Gasteiger partial charge in [0.15, 0.2) is 0 Å². The van der Waals surface area contributed by atoms with Gasteiger partial charge in [-0.05, 0) is 30.7 Å². The summed E-state index contributed by atoms with van der Waals surface area (Å²) in [7, 11) is 0. The number of ether oxygens (including phenoxy) is 1. The molecule has 0 aliphatic carbocycles. The van der Waals surface area contributed by atoms with Crippen LogP contribution in [0.25, 0.3) is 0 Å². The molecule has 1 heterocycles. The number of nitrogens with zero attached hydrogens (tertiary/aromatic N) is 2. The Morgan fingerprint density at radius 1 is 1.45 bits per heavy atom. The summed E-state index contributed by atoms with van der Waals surface area (Å²) in [5.74, 6) is 0.559. The Hall–Kier alpha value is -2.09. The second-order valence-corrected chi connectivity index (χ2v) is 4.80. The number of hydrogen-bond acceptors (Lipinski definition) is 4. The van der Waals surface area contributed by atoms with Gasteiger partial charge < -0.3 is 10.5 Å². The summed E-state index contributed by atoms with van der Waals surface area (Å²) in [5, 5.41) is 9.46. The van der Waals surface area contributed by atoms with E-state index in [-0.39, 0.29) is 12.6 Å². The number of benzene rings is 1. The highest BCUT2D eigenvalue weighted by atomic mass is 35.5. The van der Waals surface area contributed by atoms with Crippen molar-refractivity contribution in [1.29, 1.82) is 5.26 Å². The Labute approximate surface area is 122 Å². The van der Waals surface area contributed by atoms with Crippen LogP contribution in [0.15, 0.2) is 36.5 Å². The number of halogens is 1. The second-order valence-electron chi connectivity index (χ2n) is 4.39. The summed E-state index contributed by atoms with van der Waals surface area (Å²) in [6, 6.07) is 11.0. The molecule has 0 saturated heterocycles. The van der Waals surface area contributed by atoms with Crippen LogP contribution in [0.3, 0.4) is 0 Å². The van der Waals surface area contributed by atoms with Crippen LogP contribution in [0.2, 0.25) is 5.02 Å². The largest absolute Gasteiger partial charge is 0.487 e. The Bertz CT molecular complexity index is 650. The third kappa shape index (κ3) is 3.27. The second kappa shape index (κ2) is 6.38. The molecule has 2 N–H and O–H groups in total. The SMILES string of the molecule is C[C@H](N)c1ccc(OCc2cccnc2C#N)c(Cl)c1. The lowest BCUT2D eigenvalue weighted by Gasteiger charge is -2.11. The van der Waals surface area contributed by atoms with Gasteiger partial charge in [-0.1, -0.05) is 23.7 Å². The minimum absolute atomic E-state index is 0.0786. The fourth-order valence-corrected chi connectivity index (χ4v) is 1.97. The molecule has 2 rings (SSSR count).